The van der Waals surface area contributed by atoms with E-state index in [1.807, 2.05) is 30.1 Å². The lowest BCUT2D eigenvalue weighted by Gasteiger charge is -2.33. The average Bonchev–Trinajstić information content (AvgIpc) is 3.52. The number of nitrogens with one attached hydrogen (secondary N) is 1. The standard InChI is InChI=1S/C24H34N6O2/c1-27-17(9-10-22(31)29-12-5-6-13-29)15-25-24(32)23-20(27)11-14-30(23)16-21-26-18-7-3-4-8-19(18)28(21)2/h3-4,7-8,17,20,23H,5-6,9-16H2,1-2H3,(H,25,32). The van der Waals surface area contributed by atoms with Crippen molar-refractivity contribution in [1.82, 2.24) is 29.6 Å². The summed E-state index contributed by atoms with van der Waals surface area (Å²) in [6.07, 6.45) is 4.55. The van der Waals surface area contributed by atoms with Gasteiger partial charge in [-0.15, -0.1) is 0 Å². The van der Waals surface area contributed by atoms with Gasteiger partial charge in [-0.25, -0.2) is 4.98 Å². The maximum Gasteiger partial charge on any atom is 0.239 e. The predicted molar refractivity (Wildman–Crippen MR) is 123 cm³/mol. The molecule has 2 amide bonds. The molecule has 3 aliphatic heterocycles. The van der Waals surface area contributed by atoms with Gasteiger partial charge in [0.25, 0.3) is 0 Å². The number of likely N-dealkylation sites (N-methyl/N-ethyl adjacent to an activating group) is 1. The minimum absolute atomic E-state index is 0.103. The number of fused-ring (bicyclic) bond motifs is 2. The van der Waals surface area contributed by atoms with Gasteiger partial charge in [0.05, 0.1) is 17.6 Å². The van der Waals surface area contributed by atoms with Crippen molar-refractivity contribution in [3.63, 3.8) is 0 Å². The summed E-state index contributed by atoms with van der Waals surface area (Å²) in [6, 6.07) is 8.33. The Balaban J connectivity index is 1.27. The molecular formula is C24H34N6O2. The van der Waals surface area contributed by atoms with Crippen molar-refractivity contribution >= 4 is 22.8 Å². The normalized spacial score (nSPS) is 27.0. The number of nitrogens with zero attached hydrogens (tertiary/aromatic N) is 5. The number of aryl methyl sites for hydroxylation is 1. The Morgan fingerprint density at radius 1 is 1.16 bits per heavy atom. The van der Waals surface area contributed by atoms with Gasteiger partial charge in [0.15, 0.2) is 0 Å². The monoisotopic (exact) mass is 438 g/mol. The summed E-state index contributed by atoms with van der Waals surface area (Å²) in [5, 5.41) is 3.17. The highest BCUT2D eigenvalue weighted by atomic mass is 16.2. The van der Waals surface area contributed by atoms with Crippen LogP contribution in [0.1, 0.15) is 37.9 Å². The summed E-state index contributed by atoms with van der Waals surface area (Å²) in [7, 11) is 4.17. The molecule has 0 radical (unpaired) electrons. The van der Waals surface area contributed by atoms with Gasteiger partial charge in [-0.05, 0) is 44.9 Å². The van der Waals surface area contributed by atoms with E-state index in [0.29, 0.717) is 19.5 Å². The lowest BCUT2D eigenvalue weighted by Crippen LogP contribution is -2.49. The molecule has 2 aromatic rings. The number of benzene rings is 1. The summed E-state index contributed by atoms with van der Waals surface area (Å²) < 4.78 is 2.13. The second-order valence-corrected chi connectivity index (χ2v) is 9.54. The largest absolute Gasteiger partial charge is 0.353 e. The minimum Gasteiger partial charge on any atom is -0.353 e. The van der Waals surface area contributed by atoms with Crippen LogP contribution in [0.3, 0.4) is 0 Å². The van der Waals surface area contributed by atoms with Crippen molar-refractivity contribution in [3.8, 4) is 0 Å². The first-order chi connectivity index (χ1) is 15.5. The van der Waals surface area contributed by atoms with Crippen molar-refractivity contribution in [2.24, 2.45) is 7.05 Å². The van der Waals surface area contributed by atoms with Gasteiger partial charge in [-0.2, -0.15) is 0 Å². The Bertz CT molecular complexity index is 998. The number of carbonyl (C=O) groups is 2. The molecule has 0 aliphatic carbocycles. The van der Waals surface area contributed by atoms with E-state index in [1.165, 1.54) is 0 Å². The van der Waals surface area contributed by atoms with Crippen LogP contribution in [-0.2, 0) is 23.2 Å². The van der Waals surface area contributed by atoms with Crippen molar-refractivity contribution in [3.05, 3.63) is 30.1 Å². The van der Waals surface area contributed by atoms with Gasteiger partial charge >= 0.3 is 0 Å². The lowest BCUT2D eigenvalue weighted by molar-refractivity contribution is -0.130. The zero-order chi connectivity index (χ0) is 22.2. The topological polar surface area (TPSA) is 73.7 Å². The maximum absolute atomic E-state index is 13.1. The third kappa shape index (κ3) is 3.90. The quantitative estimate of drug-likeness (QED) is 0.763. The van der Waals surface area contributed by atoms with Crippen LogP contribution < -0.4 is 5.32 Å². The molecule has 8 heteroatoms. The number of carbonyl (C=O) groups excluding carboxylic acids is 2. The van der Waals surface area contributed by atoms with Crippen molar-refractivity contribution in [1.29, 1.82) is 0 Å². The first-order valence-corrected chi connectivity index (χ1v) is 11.9. The molecule has 4 heterocycles. The Morgan fingerprint density at radius 2 is 1.94 bits per heavy atom. The number of aromatic nitrogens is 2. The van der Waals surface area contributed by atoms with E-state index in [0.717, 1.165) is 62.2 Å². The first kappa shape index (κ1) is 21.4. The number of amides is 2. The van der Waals surface area contributed by atoms with Crippen LogP contribution in [0.2, 0.25) is 0 Å². The number of hydrogen-bond acceptors (Lipinski definition) is 5. The van der Waals surface area contributed by atoms with Crippen LogP contribution in [-0.4, -0.2) is 87.4 Å². The second kappa shape index (κ2) is 8.83. The Kier molecular flexibility index (Phi) is 5.90. The van der Waals surface area contributed by atoms with Gasteiger partial charge in [-0.1, -0.05) is 12.1 Å². The van der Waals surface area contributed by atoms with Crippen LogP contribution >= 0.6 is 0 Å². The molecule has 0 spiro atoms. The fourth-order valence-electron chi connectivity index (χ4n) is 5.76. The van der Waals surface area contributed by atoms with Crippen LogP contribution in [0.15, 0.2) is 24.3 Å². The Hall–Kier alpha value is -2.45. The van der Waals surface area contributed by atoms with Crippen LogP contribution in [0, 0.1) is 0 Å². The molecule has 32 heavy (non-hydrogen) atoms. The second-order valence-electron chi connectivity index (χ2n) is 9.54. The van der Waals surface area contributed by atoms with Crippen molar-refractivity contribution in [2.45, 2.75) is 56.8 Å². The number of imidazole rings is 1. The molecule has 3 aliphatic rings. The molecule has 3 saturated heterocycles. The van der Waals surface area contributed by atoms with Crippen molar-refractivity contribution in [2.75, 3.05) is 33.2 Å². The van der Waals surface area contributed by atoms with E-state index < -0.39 is 0 Å². The SMILES string of the molecule is CN1C(CCC(=O)N2CCCC2)CNC(=O)C2C1CCN2Cc1nc2ccccc2n1C. The number of rotatable bonds is 5. The van der Waals surface area contributed by atoms with E-state index in [-0.39, 0.29) is 29.9 Å². The molecular weight excluding hydrogens is 404 g/mol. The predicted octanol–water partition coefficient (Wildman–Crippen LogP) is 1.35. The summed E-state index contributed by atoms with van der Waals surface area (Å²) in [5.41, 5.74) is 2.11. The highest BCUT2D eigenvalue weighted by molar-refractivity contribution is 5.83. The molecule has 3 unspecified atom stereocenters. The van der Waals surface area contributed by atoms with Crippen molar-refractivity contribution < 1.29 is 9.59 Å². The molecule has 0 bridgehead atoms. The molecule has 172 valence electrons. The zero-order valence-corrected chi connectivity index (χ0v) is 19.2. The van der Waals surface area contributed by atoms with E-state index >= 15 is 0 Å². The van der Waals surface area contributed by atoms with Gasteiger partial charge in [0.2, 0.25) is 11.8 Å². The molecule has 1 aromatic carbocycles. The number of para-hydroxylation sites is 2. The highest BCUT2D eigenvalue weighted by Gasteiger charge is 2.45. The number of hydrogen-bond donors (Lipinski definition) is 1. The maximum atomic E-state index is 13.1. The third-order valence-electron chi connectivity index (χ3n) is 7.72. The zero-order valence-electron chi connectivity index (χ0n) is 19.2. The molecule has 3 atom stereocenters. The fourth-order valence-corrected chi connectivity index (χ4v) is 5.76. The van der Waals surface area contributed by atoms with Crippen LogP contribution in [0.25, 0.3) is 11.0 Å². The van der Waals surface area contributed by atoms with Gasteiger partial charge in [-0.3, -0.25) is 19.4 Å². The molecule has 8 nitrogen and oxygen atoms in total. The Morgan fingerprint density at radius 3 is 2.72 bits per heavy atom. The van der Waals surface area contributed by atoms with E-state index in [4.69, 9.17) is 4.98 Å². The fraction of sp³-hybridized carbons (Fsp3) is 0.625. The van der Waals surface area contributed by atoms with Gasteiger partial charge in [0, 0.05) is 51.7 Å². The van der Waals surface area contributed by atoms with Crippen LogP contribution in [0.5, 0.6) is 0 Å². The lowest BCUT2D eigenvalue weighted by atomic mass is 10.0. The molecule has 0 saturated carbocycles. The smallest absolute Gasteiger partial charge is 0.239 e. The minimum atomic E-state index is -0.181. The summed E-state index contributed by atoms with van der Waals surface area (Å²) in [4.78, 5) is 37.1. The molecule has 1 aromatic heterocycles. The summed E-state index contributed by atoms with van der Waals surface area (Å²) in [6.45, 7) is 3.94. The van der Waals surface area contributed by atoms with E-state index in [1.54, 1.807) is 0 Å². The summed E-state index contributed by atoms with van der Waals surface area (Å²) in [5.74, 6) is 1.35. The third-order valence-corrected chi connectivity index (χ3v) is 7.72. The number of likely N-dealkylation sites (tertiary alicyclic amines) is 2. The average molecular weight is 439 g/mol. The van der Waals surface area contributed by atoms with Crippen LogP contribution in [0.4, 0.5) is 0 Å². The molecule has 3 fully saturated rings. The molecule has 5 rings (SSSR count). The Labute approximate surface area is 189 Å². The molecule has 1 N–H and O–H groups in total. The van der Waals surface area contributed by atoms with E-state index in [2.05, 4.69) is 32.8 Å². The summed E-state index contributed by atoms with van der Waals surface area (Å²) >= 11 is 0. The van der Waals surface area contributed by atoms with Gasteiger partial charge < -0.3 is 14.8 Å². The first-order valence-electron chi connectivity index (χ1n) is 11.9. The highest BCUT2D eigenvalue weighted by Crippen LogP contribution is 2.29. The van der Waals surface area contributed by atoms with Gasteiger partial charge in [0.1, 0.15) is 11.9 Å². The van der Waals surface area contributed by atoms with E-state index in [9.17, 15) is 9.59 Å².